The van der Waals surface area contributed by atoms with Crippen molar-refractivity contribution in [1.82, 2.24) is 24.1 Å². The minimum atomic E-state index is -0.167. The Hall–Kier alpha value is -4.62. The van der Waals surface area contributed by atoms with Gasteiger partial charge in [0, 0.05) is 15.4 Å². The summed E-state index contributed by atoms with van der Waals surface area (Å²) in [6, 6.07) is 35.0. The van der Waals surface area contributed by atoms with E-state index in [2.05, 4.69) is 15.9 Å². The first-order valence-corrected chi connectivity index (χ1v) is 12.6. The monoisotopic (exact) mass is 543 g/mol. The van der Waals surface area contributed by atoms with Crippen molar-refractivity contribution in [2.45, 2.75) is 0 Å². The summed E-state index contributed by atoms with van der Waals surface area (Å²) in [5, 5.41) is 6.31. The quantitative estimate of drug-likeness (QED) is 0.184. The zero-order chi connectivity index (χ0) is 24.9. The fourth-order valence-electron chi connectivity index (χ4n) is 4.67. The van der Waals surface area contributed by atoms with E-state index < -0.39 is 0 Å². The molecule has 6 nitrogen and oxygen atoms in total. The average molecular weight is 544 g/mol. The second-order valence-corrected chi connectivity index (χ2v) is 9.63. The van der Waals surface area contributed by atoms with Crippen molar-refractivity contribution in [2.24, 2.45) is 0 Å². The second kappa shape index (κ2) is 8.50. The third kappa shape index (κ3) is 3.55. The summed E-state index contributed by atoms with van der Waals surface area (Å²) in [5.41, 5.74) is 5.10. The minimum Gasteiger partial charge on any atom is -0.268 e. The van der Waals surface area contributed by atoms with Gasteiger partial charge in [0.1, 0.15) is 5.69 Å². The first kappa shape index (κ1) is 21.6. The zero-order valence-electron chi connectivity index (χ0n) is 19.4. The summed E-state index contributed by atoms with van der Waals surface area (Å²) < 4.78 is 4.45. The summed E-state index contributed by atoms with van der Waals surface area (Å²) in [6.07, 6.45) is 0. The molecular weight excluding hydrogens is 526 g/mol. The maximum Gasteiger partial charge on any atom is 0.267 e. The molecule has 0 aliphatic heterocycles. The summed E-state index contributed by atoms with van der Waals surface area (Å²) >= 11 is 3.51. The molecule has 0 amide bonds. The molecule has 0 spiro atoms. The van der Waals surface area contributed by atoms with Crippen LogP contribution in [0.4, 0.5) is 0 Å². The molecule has 7 rings (SSSR count). The maximum absolute atomic E-state index is 13.9. The van der Waals surface area contributed by atoms with Crippen molar-refractivity contribution < 1.29 is 0 Å². The van der Waals surface area contributed by atoms with Crippen LogP contribution >= 0.6 is 15.9 Å². The number of fused-ring (bicyclic) bond motifs is 4. The van der Waals surface area contributed by atoms with E-state index in [4.69, 9.17) is 15.1 Å². The predicted octanol–water partition coefficient (Wildman–Crippen LogP) is 6.68. The van der Waals surface area contributed by atoms with Crippen LogP contribution in [0.1, 0.15) is 0 Å². The minimum absolute atomic E-state index is 0.167. The smallest absolute Gasteiger partial charge is 0.267 e. The normalized spacial score (nSPS) is 11.5. The van der Waals surface area contributed by atoms with Gasteiger partial charge in [0.25, 0.3) is 5.56 Å². The third-order valence-electron chi connectivity index (χ3n) is 6.44. The van der Waals surface area contributed by atoms with Gasteiger partial charge in [0.05, 0.1) is 27.8 Å². The maximum atomic E-state index is 13.9. The van der Waals surface area contributed by atoms with Gasteiger partial charge in [0.15, 0.2) is 11.5 Å². The van der Waals surface area contributed by atoms with Gasteiger partial charge in [-0.05, 0) is 54.6 Å². The van der Waals surface area contributed by atoms with Crippen molar-refractivity contribution in [3.05, 3.63) is 124 Å². The fourth-order valence-corrected chi connectivity index (χ4v) is 4.94. The molecule has 0 fully saturated rings. The Morgan fingerprint density at radius 3 is 2.08 bits per heavy atom. The van der Waals surface area contributed by atoms with E-state index in [1.807, 2.05) is 108 Å². The Bertz CT molecular complexity index is 2010. The summed E-state index contributed by atoms with van der Waals surface area (Å²) in [5.74, 6) is 0.483. The van der Waals surface area contributed by atoms with Crippen LogP contribution in [-0.2, 0) is 0 Å². The molecule has 0 radical (unpaired) electrons. The molecule has 0 saturated heterocycles. The van der Waals surface area contributed by atoms with Crippen LogP contribution < -0.4 is 5.56 Å². The largest absolute Gasteiger partial charge is 0.268 e. The van der Waals surface area contributed by atoms with E-state index in [1.54, 1.807) is 10.5 Å². The highest BCUT2D eigenvalue weighted by atomic mass is 79.9. The molecule has 0 unspecified atom stereocenters. The molecule has 0 N–H and O–H groups in total. The van der Waals surface area contributed by atoms with Crippen molar-refractivity contribution in [1.29, 1.82) is 0 Å². The molecule has 0 aliphatic rings. The van der Waals surface area contributed by atoms with E-state index in [0.29, 0.717) is 28.1 Å². The Balaban J connectivity index is 1.62. The van der Waals surface area contributed by atoms with Crippen LogP contribution in [0.3, 0.4) is 0 Å². The van der Waals surface area contributed by atoms with E-state index in [-0.39, 0.29) is 5.56 Å². The number of aromatic nitrogens is 5. The van der Waals surface area contributed by atoms with E-state index in [1.165, 1.54) is 0 Å². The molecule has 0 saturated carbocycles. The highest BCUT2D eigenvalue weighted by molar-refractivity contribution is 9.10. The Labute approximate surface area is 219 Å². The number of benzene rings is 4. The van der Waals surface area contributed by atoms with Gasteiger partial charge in [-0.25, -0.2) is 19.1 Å². The average Bonchev–Trinajstić information content (AvgIpc) is 3.39. The predicted molar refractivity (Wildman–Crippen MR) is 150 cm³/mol. The number of halogens is 1. The van der Waals surface area contributed by atoms with Crippen molar-refractivity contribution in [2.75, 3.05) is 0 Å². The summed E-state index contributed by atoms with van der Waals surface area (Å²) in [7, 11) is 0. The van der Waals surface area contributed by atoms with Crippen molar-refractivity contribution >= 4 is 43.4 Å². The molecular formula is C30H18BrN5O. The van der Waals surface area contributed by atoms with Gasteiger partial charge >= 0.3 is 0 Å². The van der Waals surface area contributed by atoms with E-state index in [9.17, 15) is 4.79 Å². The lowest BCUT2D eigenvalue weighted by Gasteiger charge is -2.13. The van der Waals surface area contributed by atoms with Crippen LogP contribution in [0, 0.1) is 0 Å². The first-order valence-electron chi connectivity index (χ1n) is 11.8. The number of nitrogens with zero attached hydrogens (tertiary/aromatic N) is 5. The molecule has 7 heteroatoms. The highest BCUT2D eigenvalue weighted by Crippen LogP contribution is 2.31. The zero-order valence-corrected chi connectivity index (χ0v) is 21.0. The van der Waals surface area contributed by atoms with Gasteiger partial charge in [-0.2, -0.15) is 5.10 Å². The Morgan fingerprint density at radius 2 is 1.32 bits per heavy atom. The topological polar surface area (TPSA) is 65.1 Å². The van der Waals surface area contributed by atoms with Crippen molar-refractivity contribution in [3.8, 4) is 28.5 Å². The molecule has 4 aromatic carbocycles. The lowest BCUT2D eigenvalue weighted by molar-refractivity contribution is 0.875. The molecule has 7 aromatic rings. The van der Waals surface area contributed by atoms with Gasteiger partial charge in [0.2, 0.25) is 0 Å². The van der Waals surface area contributed by atoms with Crippen molar-refractivity contribution in [3.63, 3.8) is 0 Å². The molecule has 3 aromatic heterocycles. The molecule has 0 bridgehead atoms. The highest BCUT2D eigenvalue weighted by Gasteiger charge is 2.21. The standard InChI is InChI=1S/C30H18BrN5O/c31-20-16-14-19(15-17-20)26-18-27(36(34-26)21-8-2-1-3-9-21)29-33-24-12-6-4-10-22(24)28-32-25-13-7-5-11-23(25)30(37)35(28)29/h1-18H. The van der Waals surface area contributed by atoms with Gasteiger partial charge in [-0.1, -0.05) is 70.5 Å². The lowest BCUT2D eigenvalue weighted by atomic mass is 10.1. The Kier molecular flexibility index (Phi) is 4.97. The van der Waals surface area contributed by atoms with Gasteiger partial charge in [-0.15, -0.1) is 0 Å². The Morgan fingerprint density at radius 1 is 0.676 bits per heavy atom. The SMILES string of the molecule is O=c1c2ccccc2nc2c3ccccc3nc(-c3cc(-c4ccc(Br)cc4)nn3-c3ccccc3)n12. The molecule has 0 aliphatic carbocycles. The second-order valence-electron chi connectivity index (χ2n) is 8.71. The molecule has 37 heavy (non-hydrogen) atoms. The van der Waals surface area contributed by atoms with Crippen LogP contribution in [0.25, 0.3) is 55.9 Å². The van der Waals surface area contributed by atoms with Gasteiger partial charge in [-0.3, -0.25) is 4.79 Å². The number of rotatable bonds is 3. The lowest BCUT2D eigenvalue weighted by Crippen LogP contribution is -2.19. The van der Waals surface area contributed by atoms with Crippen LogP contribution in [-0.4, -0.2) is 24.1 Å². The van der Waals surface area contributed by atoms with Crippen LogP contribution in [0.2, 0.25) is 0 Å². The third-order valence-corrected chi connectivity index (χ3v) is 6.97. The molecule has 0 atom stereocenters. The number of para-hydroxylation sites is 3. The number of hydrogen-bond donors (Lipinski definition) is 0. The molecule has 3 heterocycles. The van der Waals surface area contributed by atoms with Gasteiger partial charge < -0.3 is 0 Å². The van der Waals surface area contributed by atoms with E-state index in [0.717, 1.165) is 32.3 Å². The van der Waals surface area contributed by atoms with E-state index >= 15 is 0 Å². The molecule has 176 valence electrons. The van der Waals surface area contributed by atoms with Crippen LogP contribution in [0.15, 0.2) is 118 Å². The fraction of sp³-hybridized carbons (Fsp3) is 0. The van der Waals surface area contributed by atoms with Crippen LogP contribution in [0.5, 0.6) is 0 Å². The summed E-state index contributed by atoms with van der Waals surface area (Å²) in [6.45, 7) is 0. The summed E-state index contributed by atoms with van der Waals surface area (Å²) in [4.78, 5) is 23.9. The number of hydrogen-bond acceptors (Lipinski definition) is 4. The first-order chi connectivity index (χ1) is 18.2.